The van der Waals surface area contributed by atoms with Gasteiger partial charge >= 0.3 is 5.97 Å². The summed E-state index contributed by atoms with van der Waals surface area (Å²) < 4.78 is 9.75. The lowest BCUT2D eigenvalue weighted by Gasteiger charge is -2.06. The van der Waals surface area contributed by atoms with Gasteiger partial charge in [0.05, 0.1) is 13.2 Å². The molecule has 0 unspecified atom stereocenters. The molecule has 0 saturated carbocycles. The molecule has 6 heteroatoms. The van der Waals surface area contributed by atoms with E-state index in [1.165, 1.54) is 6.33 Å². The van der Waals surface area contributed by atoms with Crippen molar-refractivity contribution in [3.63, 3.8) is 0 Å². The van der Waals surface area contributed by atoms with E-state index in [-0.39, 0.29) is 12.5 Å². The Morgan fingerprint density at radius 1 is 1.47 bits per heavy atom. The molecule has 17 heavy (non-hydrogen) atoms. The summed E-state index contributed by atoms with van der Waals surface area (Å²) in [6.45, 7) is 2.86. The Balaban J connectivity index is 2.45. The molecular formula is C11H17N3O3. The number of esters is 1. The minimum atomic E-state index is -0.301. The Labute approximate surface area is 100 Å². The van der Waals surface area contributed by atoms with Gasteiger partial charge in [0.15, 0.2) is 0 Å². The van der Waals surface area contributed by atoms with E-state index in [9.17, 15) is 4.79 Å². The fourth-order valence-corrected chi connectivity index (χ4v) is 1.21. The highest BCUT2D eigenvalue weighted by molar-refractivity contribution is 5.74. The number of ether oxygens (including phenoxy) is 2. The molecule has 1 heterocycles. The number of rotatable bonds is 7. The predicted molar refractivity (Wildman–Crippen MR) is 62.7 cm³/mol. The average molecular weight is 239 g/mol. The SMILES string of the molecule is CCOC(=O)CNc1cc(CCOC)ncn1. The molecule has 0 aliphatic carbocycles. The minimum Gasteiger partial charge on any atom is -0.465 e. The lowest BCUT2D eigenvalue weighted by molar-refractivity contribution is -0.140. The molecule has 1 rings (SSSR count). The Morgan fingerprint density at radius 3 is 3.00 bits per heavy atom. The van der Waals surface area contributed by atoms with Crippen molar-refractivity contribution in [2.24, 2.45) is 0 Å². The average Bonchev–Trinajstić information content (AvgIpc) is 2.35. The molecular weight excluding hydrogens is 222 g/mol. The van der Waals surface area contributed by atoms with Gasteiger partial charge in [-0.05, 0) is 6.92 Å². The van der Waals surface area contributed by atoms with Gasteiger partial charge in [0, 0.05) is 25.3 Å². The van der Waals surface area contributed by atoms with Crippen LogP contribution < -0.4 is 5.32 Å². The number of anilines is 1. The number of aromatic nitrogens is 2. The van der Waals surface area contributed by atoms with Crippen LogP contribution in [0.1, 0.15) is 12.6 Å². The lowest BCUT2D eigenvalue weighted by atomic mass is 10.3. The standard InChI is InChI=1S/C11H17N3O3/c1-3-17-11(15)7-12-10-6-9(4-5-16-2)13-8-14-10/h6,8H,3-5,7H2,1-2H3,(H,12,13,14). The number of carbonyl (C=O) groups is 1. The molecule has 0 fully saturated rings. The Morgan fingerprint density at radius 2 is 2.29 bits per heavy atom. The Kier molecular flexibility index (Phi) is 5.95. The van der Waals surface area contributed by atoms with Crippen molar-refractivity contribution in [1.29, 1.82) is 0 Å². The highest BCUT2D eigenvalue weighted by Gasteiger charge is 2.03. The van der Waals surface area contributed by atoms with Crippen molar-refractivity contribution in [3.05, 3.63) is 18.1 Å². The first-order valence-corrected chi connectivity index (χ1v) is 5.45. The summed E-state index contributed by atoms with van der Waals surface area (Å²) in [5.74, 6) is 0.309. The molecule has 6 nitrogen and oxygen atoms in total. The molecule has 1 aromatic heterocycles. The van der Waals surface area contributed by atoms with Gasteiger partial charge in [-0.15, -0.1) is 0 Å². The van der Waals surface area contributed by atoms with Crippen LogP contribution in [-0.2, 0) is 20.7 Å². The normalized spacial score (nSPS) is 10.0. The molecule has 0 radical (unpaired) electrons. The number of hydrogen-bond donors (Lipinski definition) is 1. The molecule has 0 aliphatic heterocycles. The largest absolute Gasteiger partial charge is 0.465 e. The van der Waals surface area contributed by atoms with E-state index in [1.54, 1.807) is 20.1 Å². The van der Waals surface area contributed by atoms with E-state index in [2.05, 4.69) is 15.3 Å². The van der Waals surface area contributed by atoms with Crippen LogP contribution in [-0.4, -0.2) is 42.8 Å². The minimum absolute atomic E-state index is 0.106. The summed E-state index contributed by atoms with van der Waals surface area (Å²) in [7, 11) is 1.64. The van der Waals surface area contributed by atoms with Crippen LogP contribution in [0.4, 0.5) is 5.82 Å². The van der Waals surface area contributed by atoms with E-state index < -0.39 is 0 Å². The van der Waals surface area contributed by atoms with Crippen LogP contribution >= 0.6 is 0 Å². The molecule has 1 N–H and O–H groups in total. The molecule has 1 aromatic rings. The van der Waals surface area contributed by atoms with Crippen LogP contribution in [0.25, 0.3) is 0 Å². The second-order valence-electron chi connectivity index (χ2n) is 3.30. The van der Waals surface area contributed by atoms with Gasteiger partial charge in [-0.1, -0.05) is 0 Å². The number of nitrogens with zero attached hydrogens (tertiary/aromatic N) is 2. The summed E-state index contributed by atoms with van der Waals surface area (Å²) in [6.07, 6.45) is 2.17. The van der Waals surface area contributed by atoms with Gasteiger partial charge in [-0.2, -0.15) is 0 Å². The van der Waals surface area contributed by atoms with Crippen LogP contribution in [0.15, 0.2) is 12.4 Å². The van der Waals surface area contributed by atoms with Crippen LogP contribution in [0.3, 0.4) is 0 Å². The van der Waals surface area contributed by atoms with E-state index in [4.69, 9.17) is 9.47 Å². The van der Waals surface area contributed by atoms with Gasteiger partial charge in [-0.3, -0.25) is 4.79 Å². The maximum Gasteiger partial charge on any atom is 0.325 e. The summed E-state index contributed by atoms with van der Waals surface area (Å²) in [4.78, 5) is 19.2. The summed E-state index contributed by atoms with van der Waals surface area (Å²) in [5.41, 5.74) is 0.869. The molecule has 0 aromatic carbocycles. The quantitative estimate of drug-likeness (QED) is 0.704. The maximum absolute atomic E-state index is 11.1. The summed E-state index contributed by atoms with van der Waals surface area (Å²) in [6, 6.07) is 1.79. The third-order valence-corrected chi connectivity index (χ3v) is 2.01. The fraction of sp³-hybridized carbons (Fsp3) is 0.545. The van der Waals surface area contributed by atoms with Crippen molar-refractivity contribution in [1.82, 2.24) is 9.97 Å². The molecule has 0 atom stereocenters. The van der Waals surface area contributed by atoms with Crippen LogP contribution in [0, 0.1) is 0 Å². The van der Waals surface area contributed by atoms with Gasteiger partial charge in [0.25, 0.3) is 0 Å². The molecule has 0 bridgehead atoms. The summed E-state index contributed by atoms with van der Waals surface area (Å²) in [5, 5.41) is 2.88. The van der Waals surface area contributed by atoms with Crippen LogP contribution in [0.5, 0.6) is 0 Å². The zero-order valence-electron chi connectivity index (χ0n) is 10.1. The monoisotopic (exact) mass is 239 g/mol. The predicted octanol–water partition coefficient (Wildman–Crippen LogP) is 0.640. The Hall–Kier alpha value is -1.69. The second kappa shape index (κ2) is 7.56. The van der Waals surface area contributed by atoms with Gasteiger partial charge < -0.3 is 14.8 Å². The van der Waals surface area contributed by atoms with E-state index in [1.807, 2.05) is 0 Å². The third kappa shape index (κ3) is 5.26. The Bertz CT molecular complexity index is 358. The second-order valence-corrected chi connectivity index (χ2v) is 3.30. The smallest absolute Gasteiger partial charge is 0.325 e. The van der Waals surface area contributed by atoms with Crippen molar-refractivity contribution < 1.29 is 14.3 Å². The molecule has 0 saturated heterocycles. The number of methoxy groups -OCH3 is 1. The van der Waals surface area contributed by atoms with Crippen LogP contribution in [0.2, 0.25) is 0 Å². The number of hydrogen-bond acceptors (Lipinski definition) is 6. The van der Waals surface area contributed by atoms with Crippen molar-refractivity contribution in [3.8, 4) is 0 Å². The van der Waals surface area contributed by atoms with Crippen molar-refractivity contribution in [2.75, 3.05) is 32.2 Å². The highest BCUT2D eigenvalue weighted by atomic mass is 16.5. The lowest BCUT2D eigenvalue weighted by Crippen LogP contribution is -2.17. The zero-order chi connectivity index (χ0) is 12.5. The fourth-order valence-electron chi connectivity index (χ4n) is 1.21. The van der Waals surface area contributed by atoms with Gasteiger partial charge in [0.2, 0.25) is 0 Å². The van der Waals surface area contributed by atoms with E-state index in [0.717, 1.165) is 5.69 Å². The number of carbonyl (C=O) groups excluding carboxylic acids is 1. The zero-order valence-corrected chi connectivity index (χ0v) is 10.1. The maximum atomic E-state index is 11.1. The molecule has 0 spiro atoms. The van der Waals surface area contributed by atoms with Gasteiger partial charge in [0.1, 0.15) is 18.7 Å². The van der Waals surface area contributed by atoms with E-state index in [0.29, 0.717) is 25.5 Å². The van der Waals surface area contributed by atoms with Gasteiger partial charge in [-0.25, -0.2) is 9.97 Å². The molecule has 94 valence electrons. The third-order valence-electron chi connectivity index (χ3n) is 2.01. The molecule has 0 aliphatic rings. The first kappa shape index (κ1) is 13.4. The van der Waals surface area contributed by atoms with E-state index >= 15 is 0 Å². The van der Waals surface area contributed by atoms with Crippen molar-refractivity contribution >= 4 is 11.8 Å². The molecule has 0 amide bonds. The first-order chi connectivity index (χ1) is 8.26. The first-order valence-electron chi connectivity index (χ1n) is 5.45. The number of nitrogens with one attached hydrogen (secondary N) is 1. The highest BCUT2D eigenvalue weighted by Crippen LogP contribution is 2.04. The van der Waals surface area contributed by atoms with Crippen molar-refractivity contribution in [2.45, 2.75) is 13.3 Å². The topological polar surface area (TPSA) is 73.3 Å². The summed E-state index contributed by atoms with van der Waals surface area (Å²) >= 11 is 0.